The van der Waals surface area contributed by atoms with Crippen LogP contribution in [0.5, 0.6) is 0 Å². The van der Waals surface area contributed by atoms with Crippen LogP contribution in [0, 0.1) is 0 Å². The number of alkyl halides is 1. The highest BCUT2D eigenvalue weighted by molar-refractivity contribution is 6.50. The van der Waals surface area contributed by atoms with E-state index in [0.717, 1.165) is 16.3 Å². The average molecular weight is 279 g/mol. The molecule has 0 fully saturated rings. The number of carbonyl (C=O) groups excluding carboxylic acids is 1. The standard InChI is InChI=1S/C14H8Cl2O2/c15-7-18-14-10-6-2-4-8-3-1-5-9(11(8)10)13(17)12(14)16/h1-6H,7H2. The van der Waals surface area contributed by atoms with Gasteiger partial charge in [-0.2, -0.15) is 0 Å². The maximum absolute atomic E-state index is 12.2. The molecule has 2 nitrogen and oxygen atoms in total. The third-order valence-corrected chi connectivity index (χ3v) is 3.44. The Morgan fingerprint density at radius 3 is 2.39 bits per heavy atom. The fourth-order valence-corrected chi connectivity index (χ4v) is 2.62. The molecule has 0 atom stereocenters. The zero-order valence-corrected chi connectivity index (χ0v) is 10.8. The molecular weight excluding hydrogens is 271 g/mol. The highest BCUT2D eigenvalue weighted by Gasteiger charge is 2.27. The van der Waals surface area contributed by atoms with Gasteiger partial charge >= 0.3 is 0 Å². The second-order valence-electron chi connectivity index (χ2n) is 3.93. The molecule has 1 aliphatic carbocycles. The molecule has 0 aromatic heterocycles. The summed E-state index contributed by atoms with van der Waals surface area (Å²) in [6.45, 7) is 0. The van der Waals surface area contributed by atoms with Gasteiger partial charge < -0.3 is 4.74 Å². The van der Waals surface area contributed by atoms with Gasteiger partial charge in [-0.3, -0.25) is 4.79 Å². The van der Waals surface area contributed by atoms with Crippen molar-refractivity contribution in [1.82, 2.24) is 0 Å². The lowest BCUT2D eigenvalue weighted by molar-refractivity contribution is 0.104. The molecule has 2 aromatic carbocycles. The normalized spacial score (nSPS) is 14.2. The Morgan fingerprint density at radius 1 is 1.06 bits per heavy atom. The van der Waals surface area contributed by atoms with E-state index in [1.807, 2.05) is 30.3 Å². The molecule has 0 bridgehead atoms. The van der Waals surface area contributed by atoms with Crippen molar-refractivity contribution in [3.8, 4) is 0 Å². The van der Waals surface area contributed by atoms with Crippen LogP contribution < -0.4 is 0 Å². The van der Waals surface area contributed by atoms with Gasteiger partial charge in [0, 0.05) is 16.5 Å². The van der Waals surface area contributed by atoms with E-state index in [1.54, 1.807) is 6.07 Å². The Morgan fingerprint density at radius 2 is 1.72 bits per heavy atom. The average Bonchev–Trinajstić information content (AvgIpc) is 2.41. The van der Waals surface area contributed by atoms with Gasteiger partial charge in [-0.1, -0.05) is 59.6 Å². The number of rotatable bonds is 2. The van der Waals surface area contributed by atoms with Crippen LogP contribution in [-0.4, -0.2) is 11.8 Å². The van der Waals surface area contributed by atoms with E-state index in [0.29, 0.717) is 11.3 Å². The molecule has 0 saturated carbocycles. The number of Topliss-reactive ketones (excluding diaryl/α,β-unsaturated/α-hetero) is 1. The maximum atomic E-state index is 12.2. The van der Waals surface area contributed by atoms with Crippen LogP contribution in [0.25, 0.3) is 16.5 Å². The first kappa shape index (κ1) is 11.6. The smallest absolute Gasteiger partial charge is 0.208 e. The summed E-state index contributed by atoms with van der Waals surface area (Å²) in [7, 11) is 0. The molecule has 0 amide bonds. The van der Waals surface area contributed by atoms with Gasteiger partial charge in [0.2, 0.25) is 5.78 Å². The minimum absolute atomic E-state index is 0.0443. The third-order valence-electron chi connectivity index (χ3n) is 2.99. The Labute approximate surface area is 114 Å². The quantitative estimate of drug-likeness (QED) is 0.772. The van der Waals surface area contributed by atoms with Crippen molar-refractivity contribution in [1.29, 1.82) is 0 Å². The Hall–Kier alpha value is -1.51. The number of allylic oxidation sites excluding steroid dienone is 1. The van der Waals surface area contributed by atoms with Crippen LogP contribution >= 0.6 is 23.2 Å². The van der Waals surface area contributed by atoms with Crippen LogP contribution in [0.1, 0.15) is 15.9 Å². The maximum Gasteiger partial charge on any atom is 0.208 e. The first-order chi connectivity index (χ1) is 8.74. The molecule has 90 valence electrons. The lowest BCUT2D eigenvalue weighted by Gasteiger charge is -2.19. The predicted molar refractivity (Wildman–Crippen MR) is 72.9 cm³/mol. The van der Waals surface area contributed by atoms with Gasteiger partial charge in [0.25, 0.3) is 0 Å². The molecule has 0 spiro atoms. The van der Waals surface area contributed by atoms with E-state index in [-0.39, 0.29) is 16.9 Å². The highest BCUT2D eigenvalue weighted by atomic mass is 35.5. The molecule has 0 saturated heterocycles. The molecule has 0 unspecified atom stereocenters. The van der Waals surface area contributed by atoms with Crippen molar-refractivity contribution in [2.24, 2.45) is 0 Å². The minimum atomic E-state index is -0.221. The van der Waals surface area contributed by atoms with Crippen LogP contribution in [0.15, 0.2) is 41.4 Å². The summed E-state index contributed by atoms with van der Waals surface area (Å²) in [5, 5.41) is 1.94. The summed E-state index contributed by atoms with van der Waals surface area (Å²) in [5.74, 6) is 0.141. The van der Waals surface area contributed by atoms with Crippen LogP contribution in [-0.2, 0) is 4.74 Å². The van der Waals surface area contributed by atoms with Gasteiger partial charge in [0.05, 0.1) is 0 Å². The summed E-state index contributed by atoms with van der Waals surface area (Å²) in [6.07, 6.45) is 0. The predicted octanol–water partition coefficient (Wildman–Crippen LogP) is 4.16. The second-order valence-corrected chi connectivity index (χ2v) is 4.53. The Balaban J connectivity index is 2.41. The zero-order chi connectivity index (χ0) is 12.7. The molecule has 3 rings (SSSR count). The molecule has 0 aliphatic heterocycles. The van der Waals surface area contributed by atoms with Crippen molar-refractivity contribution >= 4 is 45.5 Å². The fourth-order valence-electron chi connectivity index (χ4n) is 2.25. The zero-order valence-electron chi connectivity index (χ0n) is 9.24. The first-order valence-electron chi connectivity index (χ1n) is 5.39. The molecular formula is C14H8Cl2O2. The molecule has 0 radical (unpaired) electrons. The first-order valence-corrected chi connectivity index (χ1v) is 6.30. The number of hydrogen-bond acceptors (Lipinski definition) is 2. The Kier molecular flexibility index (Phi) is 2.77. The van der Waals surface area contributed by atoms with Gasteiger partial charge in [0.15, 0.2) is 11.8 Å². The summed E-state index contributed by atoms with van der Waals surface area (Å²) in [5.41, 5.74) is 1.42. The molecule has 1 aliphatic rings. The Bertz CT molecular complexity index is 684. The molecule has 0 N–H and O–H groups in total. The topological polar surface area (TPSA) is 26.3 Å². The summed E-state index contributed by atoms with van der Waals surface area (Å²) in [6, 6.07) is 11.3. The van der Waals surface area contributed by atoms with Gasteiger partial charge in [-0.15, -0.1) is 0 Å². The van der Waals surface area contributed by atoms with Gasteiger partial charge in [-0.05, 0) is 5.39 Å². The third kappa shape index (κ3) is 1.53. The number of hydrogen-bond donors (Lipinski definition) is 0. The van der Waals surface area contributed by atoms with Gasteiger partial charge in [0.1, 0.15) is 5.03 Å². The number of ketones is 1. The van der Waals surface area contributed by atoms with Crippen LogP contribution in [0.2, 0.25) is 0 Å². The van der Waals surface area contributed by atoms with E-state index in [2.05, 4.69) is 0 Å². The summed E-state index contributed by atoms with van der Waals surface area (Å²) in [4.78, 5) is 12.2. The van der Waals surface area contributed by atoms with E-state index in [9.17, 15) is 4.79 Å². The number of benzene rings is 2. The number of carbonyl (C=O) groups is 1. The van der Waals surface area contributed by atoms with Crippen molar-refractivity contribution in [3.63, 3.8) is 0 Å². The minimum Gasteiger partial charge on any atom is -0.476 e. The summed E-state index contributed by atoms with van der Waals surface area (Å²) >= 11 is 11.7. The van der Waals surface area contributed by atoms with Crippen LogP contribution in [0.3, 0.4) is 0 Å². The van der Waals surface area contributed by atoms with Crippen molar-refractivity contribution in [3.05, 3.63) is 52.6 Å². The number of ether oxygens (including phenoxy) is 1. The highest BCUT2D eigenvalue weighted by Crippen LogP contribution is 2.38. The lowest BCUT2D eigenvalue weighted by Crippen LogP contribution is -2.11. The number of halogens is 2. The SMILES string of the molecule is O=C1C(Cl)=C(OCCl)c2cccc3cccc1c23. The van der Waals surface area contributed by atoms with E-state index >= 15 is 0 Å². The lowest BCUT2D eigenvalue weighted by atomic mass is 9.91. The van der Waals surface area contributed by atoms with E-state index < -0.39 is 0 Å². The molecule has 0 heterocycles. The fraction of sp³-hybridized carbons (Fsp3) is 0.0714. The monoisotopic (exact) mass is 278 g/mol. The molecule has 4 heteroatoms. The van der Waals surface area contributed by atoms with E-state index in [4.69, 9.17) is 27.9 Å². The van der Waals surface area contributed by atoms with Crippen LogP contribution in [0.4, 0.5) is 0 Å². The van der Waals surface area contributed by atoms with E-state index in [1.165, 1.54) is 0 Å². The van der Waals surface area contributed by atoms with Crippen molar-refractivity contribution in [2.75, 3.05) is 6.07 Å². The summed E-state index contributed by atoms with van der Waals surface area (Å²) < 4.78 is 5.30. The molecule has 2 aromatic rings. The second kappa shape index (κ2) is 4.30. The van der Waals surface area contributed by atoms with Crippen molar-refractivity contribution in [2.45, 2.75) is 0 Å². The van der Waals surface area contributed by atoms with Crippen molar-refractivity contribution < 1.29 is 9.53 Å². The van der Waals surface area contributed by atoms with Gasteiger partial charge in [-0.25, -0.2) is 0 Å². The molecule has 18 heavy (non-hydrogen) atoms. The largest absolute Gasteiger partial charge is 0.476 e.